The fraction of sp³-hybridized carbons (Fsp3) is 0.600. The van der Waals surface area contributed by atoms with Gasteiger partial charge in [0.15, 0.2) is 12.6 Å². The highest BCUT2D eigenvalue weighted by molar-refractivity contribution is 8.16. The Bertz CT molecular complexity index is 649. The van der Waals surface area contributed by atoms with E-state index < -0.39 is 22.0 Å². The third-order valence-electron chi connectivity index (χ3n) is 4.46. The zero-order valence-corrected chi connectivity index (χ0v) is 17.5. The summed E-state index contributed by atoms with van der Waals surface area (Å²) in [7, 11) is 0. The molecule has 7 heteroatoms. The van der Waals surface area contributed by atoms with Crippen molar-refractivity contribution in [3.63, 3.8) is 0 Å². The largest absolute Gasteiger partial charge is 0.470 e. The zero-order valence-electron chi connectivity index (χ0n) is 16.7. The van der Waals surface area contributed by atoms with E-state index in [1.165, 1.54) is 11.8 Å². The molecule has 0 fully saturated rings. The molecule has 0 bridgehead atoms. The normalized spacial score (nSPS) is 22.2. The van der Waals surface area contributed by atoms with Gasteiger partial charge >= 0.3 is 0 Å². The van der Waals surface area contributed by atoms with Crippen molar-refractivity contribution in [3.8, 4) is 0 Å². The maximum absolute atomic E-state index is 12.1. The van der Waals surface area contributed by atoms with E-state index in [4.69, 9.17) is 9.47 Å². The van der Waals surface area contributed by atoms with Crippen LogP contribution in [0.25, 0.3) is 0 Å². The highest BCUT2D eigenvalue weighted by Crippen LogP contribution is 2.45. The molecule has 1 rings (SSSR count). The maximum Gasteiger partial charge on any atom is 0.219 e. The van der Waals surface area contributed by atoms with Crippen LogP contribution in [0.15, 0.2) is 35.6 Å². The third-order valence-corrected chi connectivity index (χ3v) is 5.68. The number of hydrogen-bond donors (Lipinski definition) is 2. The molecule has 2 unspecified atom stereocenters. The number of carbonyl (C=O) groups excluding carboxylic acids is 2. The lowest BCUT2D eigenvalue weighted by Gasteiger charge is -2.27. The van der Waals surface area contributed by atoms with Gasteiger partial charge in [-0.15, -0.1) is 0 Å². The Morgan fingerprint density at radius 3 is 2.63 bits per heavy atom. The lowest BCUT2D eigenvalue weighted by molar-refractivity contribution is -0.136. The summed E-state index contributed by atoms with van der Waals surface area (Å²) in [6.07, 6.45) is 2.39. The molecule has 0 amide bonds. The van der Waals surface area contributed by atoms with Gasteiger partial charge in [-0.05, 0) is 20.8 Å². The molecule has 0 radical (unpaired) electrons. The Balaban J connectivity index is 2.59. The minimum Gasteiger partial charge on any atom is -0.470 e. The van der Waals surface area contributed by atoms with Gasteiger partial charge in [0.05, 0.1) is 18.0 Å². The summed E-state index contributed by atoms with van der Waals surface area (Å²) in [5.41, 5.74) is 0.574. The second-order valence-corrected chi connectivity index (χ2v) is 8.90. The molecule has 152 valence electrons. The van der Waals surface area contributed by atoms with Crippen LogP contribution in [0.2, 0.25) is 0 Å². The van der Waals surface area contributed by atoms with Crippen molar-refractivity contribution in [1.82, 2.24) is 0 Å². The fourth-order valence-corrected chi connectivity index (χ4v) is 3.79. The van der Waals surface area contributed by atoms with Crippen LogP contribution in [-0.2, 0) is 19.1 Å². The Labute approximate surface area is 165 Å². The third kappa shape index (κ3) is 6.04. The van der Waals surface area contributed by atoms with Gasteiger partial charge in [0.2, 0.25) is 5.12 Å². The number of carbonyl (C=O) groups is 2. The molecule has 1 aliphatic heterocycles. The van der Waals surface area contributed by atoms with Crippen LogP contribution < -0.4 is 0 Å². The van der Waals surface area contributed by atoms with E-state index in [9.17, 15) is 19.8 Å². The summed E-state index contributed by atoms with van der Waals surface area (Å²) in [4.78, 5) is 24.0. The molecule has 0 spiro atoms. The standard InChI is InChI=1S/C20H30O6S/c1-7-13(2)10-20(6)17(14(3)18(24)27-20)26-12-25-9-8-15(22)16(23)19(4,5)11-21/h7,10,16,21,23H,1,8-9,11-12H2,2-6H3/b13-10+. The summed E-state index contributed by atoms with van der Waals surface area (Å²) >= 11 is 1.18. The van der Waals surface area contributed by atoms with Crippen molar-refractivity contribution in [2.75, 3.05) is 20.0 Å². The number of allylic oxidation sites excluding steroid dienone is 2. The van der Waals surface area contributed by atoms with Crippen molar-refractivity contribution >= 4 is 22.7 Å². The summed E-state index contributed by atoms with van der Waals surface area (Å²) in [6.45, 7) is 12.1. The molecule has 1 heterocycles. The van der Waals surface area contributed by atoms with Gasteiger partial charge in [-0.2, -0.15) is 0 Å². The number of ether oxygens (including phenoxy) is 2. The SMILES string of the molecule is C=C/C(C)=C/C1(C)SC(=O)C(C)=C1OCOCCC(=O)C(O)C(C)(C)CO. The predicted molar refractivity (Wildman–Crippen MR) is 106 cm³/mol. The Morgan fingerprint density at radius 1 is 1.44 bits per heavy atom. The molecule has 0 saturated carbocycles. The first-order valence-electron chi connectivity index (χ1n) is 8.77. The predicted octanol–water partition coefficient (Wildman–Crippen LogP) is 2.75. The van der Waals surface area contributed by atoms with E-state index in [1.54, 1.807) is 26.8 Å². The van der Waals surface area contributed by atoms with Crippen LogP contribution >= 0.6 is 11.8 Å². The van der Waals surface area contributed by atoms with Crippen LogP contribution in [0, 0.1) is 5.41 Å². The van der Waals surface area contributed by atoms with Crippen LogP contribution in [0.4, 0.5) is 0 Å². The first-order valence-corrected chi connectivity index (χ1v) is 9.59. The highest BCUT2D eigenvalue weighted by atomic mass is 32.2. The van der Waals surface area contributed by atoms with E-state index in [2.05, 4.69) is 6.58 Å². The number of aliphatic hydroxyl groups is 2. The van der Waals surface area contributed by atoms with Gasteiger partial charge in [0, 0.05) is 17.4 Å². The molecule has 2 N–H and O–H groups in total. The number of aliphatic hydroxyl groups excluding tert-OH is 2. The van der Waals surface area contributed by atoms with Crippen molar-refractivity contribution in [2.45, 2.75) is 51.9 Å². The second-order valence-electron chi connectivity index (χ2n) is 7.48. The van der Waals surface area contributed by atoms with Gasteiger partial charge in [-0.25, -0.2) is 0 Å². The van der Waals surface area contributed by atoms with Gasteiger partial charge in [-0.1, -0.05) is 49.9 Å². The molecule has 2 atom stereocenters. The van der Waals surface area contributed by atoms with Gasteiger partial charge in [0.1, 0.15) is 11.9 Å². The van der Waals surface area contributed by atoms with Gasteiger partial charge < -0.3 is 19.7 Å². The second kappa shape index (κ2) is 9.68. The Hall–Kier alpha value is -1.41. The van der Waals surface area contributed by atoms with Crippen molar-refractivity contribution < 1.29 is 29.3 Å². The van der Waals surface area contributed by atoms with E-state index in [0.717, 1.165) is 5.57 Å². The van der Waals surface area contributed by atoms with Crippen molar-refractivity contribution in [2.24, 2.45) is 5.41 Å². The quantitative estimate of drug-likeness (QED) is 0.314. The number of rotatable bonds is 11. The Morgan fingerprint density at radius 2 is 2.07 bits per heavy atom. The first kappa shape index (κ1) is 23.6. The number of hydrogen-bond acceptors (Lipinski definition) is 7. The van der Waals surface area contributed by atoms with E-state index in [-0.39, 0.29) is 31.5 Å². The van der Waals surface area contributed by atoms with Crippen molar-refractivity contribution in [3.05, 3.63) is 35.6 Å². The van der Waals surface area contributed by atoms with Crippen molar-refractivity contribution in [1.29, 1.82) is 0 Å². The van der Waals surface area contributed by atoms with Gasteiger partial charge in [0.25, 0.3) is 0 Å². The topological polar surface area (TPSA) is 93.1 Å². The summed E-state index contributed by atoms with van der Waals surface area (Å²) < 4.78 is 10.4. The molecule has 1 aliphatic rings. The van der Waals surface area contributed by atoms with E-state index in [0.29, 0.717) is 11.3 Å². The summed E-state index contributed by atoms with van der Waals surface area (Å²) in [5, 5.41) is 19.1. The molecule has 6 nitrogen and oxygen atoms in total. The van der Waals surface area contributed by atoms with E-state index in [1.807, 2.05) is 19.9 Å². The highest BCUT2D eigenvalue weighted by Gasteiger charge is 2.41. The molecule has 27 heavy (non-hydrogen) atoms. The van der Waals surface area contributed by atoms with Gasteiger partial charge in [-0.3, -0.25) is 9.59 Å². The average molecular weight is 399 g/mol. The number of ketones is 1. The molecular weight excluding hydrogens is 368 g/mol. The molecule has 0 aliphatic carbocycles. The summed E-state index contributed by atoms with van der Waals surface area (Å²) in [5.74, 6) is 0.136. The number of thioether (sulfide) groups is 1. The smallest absolute Gasteiger partial charge is 0.219 e. The fourth-order valence-electron chi connectivity index (χ4n) is 2.61. The van der Waals surface area contributed by atoms with Crippen LogP contribution in [0.5, 0.6) is 0 Å². The lowest BCUT2D eigenvalue weighted by Crippen LogP contribution is -2.39. The lowest BCUT2D eigenvalue weighted by atomic mass is 9.84. The van der Waals surface area contributed by atoms with Crippen LogP contribution in [0.3, 0.4) is 0 Å². The average Bonchev–Trinajstić information content (AvgIpc) is 2.82. The molecule has 0 aromatic rings. The molecule has 0 saturated heterocycles. The van der Waals surface area contributed by atoms with Crippen LogP contribution in [0.1, 0.15) is 41.0 Å². The molecule has 0 aromatic heterocycles. The molecular formula is C20H30O6S. The minimum atomic E-state index is -1.25. The van der Waals surface area contributed by atoms with E-state index >= 15 is 0 Å². The number of Topliss-reactive ketones (excluding diaryl/α,β-unsaturated/α-hetero) is 1. The Kier molecular flexibility index (Phi) is 8.48. The maximum atomic E-state index is 12.1. The zero-order chi connectivity index (χ0) is 20.8. The molecule has 0 aromatic carbocycles. The monoisotopic (exact) mass is 398 g/mol. The minimum absolute atomic E-state index is 0.00636. The first-order chi connectivity index (χ1) is 12.5. The summed E-state index contributed by atoms with van der Waals surface area (Å²) in [6, 6.07) is 0. The van der Waals surface area contributed by atoms with Crippen LogP contribution in [-0.4, -0.2) is 52.0 Å².